The van der Waals surface area contributed by atoms with E-state index in [9.17, 15) is 9.18 Å². The molecule has 0 aliphatic heterocycles. The molecular weight excluding hydrogens is 259 g/mol. The Labute approximate surface area is 119 Å². The molecule has 0 amide bonds. The van der Waals surface area contributed by atoms with E-state index in [1.807, 2.05) is 6.07 Å². The van der Waals surface area contributed by atoms with E-state index in [2.05, 4.69) is 6.92 Å². The van der Waals surface area contributed by atoms with Crippen molar-refractivity contribution < 1.29 is 9.18 Å². The van der Waals surface area contributed by atoms with Crippen LogP contribution in [0, 0.1) is 18.7 Å². The van der Waals surface area contributed by atoms with Crippen molar-refractivity contribution in [3.05, 3.63) is 29.1 Å². The van der Waals surface area contributed by atoms with Gasteiger partial charge in [0, 0.05) is 15.7 Å². The summed E-state index contributed by atoms with van der Waals surface area (Å²) >= 11 is 1.76. The van der Waals surface area contributed by atoms with Crippen molar-refractivity contribution in [1.29, 1.82) is 0 Å². The Balaban J connectivity index is 2.23. The quantitative estimate of drug-likeness (QED) is 0.724. The fourth-order valence-electron chi connectivity index (χ4n) is 2.69. The SMILES string of the molecule is CC(=O)c1cc(F)c(C)cc1SC1CCCC(C)C1. The summed E-state index contributed by atoms with van der Waals surface area (Å²) in [5.74, 6) is 0.422. The lowest BCUT2D eigenvalue weighted by Gasteiger charge is -2.26. The van der Waals surface area contributed by atoms with Crippen LogP contribution in [0.25, 0.3) is 0 Å². The molecule has 0 bridgehead atoms. The topological polar surface area (TPSA) is 17.1 Å². The normalized spacial score (nSPS) is 23.4. The maximum Gasteiger partial charge on any atom is 0.161 e. The number of Topliss-reactive ketones (excluding diaryl/α,β-unsaturated/α-hetero) is 1. The number of halogens is 1. The minimum atomic E-state index is -0.286. The Bertz CT molecular complexity index is 484. The van der Waals surface area contributed by atoms with Crippen LogP contribution in [0.5, 0.6) is 0 Å². The van der Waals surface area contributed by atoms with Gasteiger partial charge in [-0.05, 0) is 50.3 Å². The van der Waals surface area contributed by atoms with E-state index in [0.29, 0.717) is 16.4 Å². The third kappa shape index (κ3) is 3.59. The summed E-state index contributed by atoms with van der Waals surface area (Å²) in [6.45, 7) is 5.55. The number of ketones is 1. The fourth-order valence-corrected chi connectivity index (χ4v) is 4.34. The van der Waals surface area contributed by atoms with Gasteiger partial charge < -0.3 is 0 Å². The lowest BCUT2D eigenvalue weighted by Crippen LogP contribution is -2.15. The number of hydrogen-bond acceptors (Lipinski definition) is 2. The maximum absolute atomic E-state index is 13.6. The lowest BCUT2D eigenvalue weighted by atomic mass is 9.91. The maximum atomic E-state index is 13.6. The van der Waals surface area contributed by atoms with Gasteiger partial charge in [0.25, 0.3) is 0 Å². The predicted molar refractivity (Wildman–Crippen MR) is 78.4 cm³/mol. The molecule has 2 atom stereocenters. The first-order valence-electron chi connectivity index (χ1n) is 6.95. The van der Waals surface area contributed by atoms with E-state index in [-0.39, 0.29) is 11.6 Å². The zero-order valence-corrected chi connectivity index (χ0v) is 12.6. The van der Waals surface area contributed by atoms with Gasteiger partial charge in [0.05, 0.1) is 0 Å². The van der Waals surface area contributed by atoms with Crippen LogP contribution in [0.15, 0.2) is 17.0 Å². The van der Waals surface area contributed by atoms with Gasteiger partial charge in [0.2, 0.25) is 0 Å². The first-order valence-corrected chi connectivity index (χ1v) is 7.83. The summed E-state index contributed by atoms with van der Waals surface area (Å²) in [7, 11) is 0. The third-order valence-corrected chi connectivity index (χ3v) is 5.18. The molecule has 1 aromatic carbocycles. The average molecular weight is 280 g/mol. The molecule has 0 spiro atoms. The molecule has 104 valence electrons. The Morgan fingerprint density at radius 3 is 2.74 bits per heavy atom. The molecular formula is C16H21FOS. The number of thioether (sulfide) groups is 1. The zero-order valence-electron chi connectivity index (χ0n) is 11.8. The minimum absolute atomic E-state index is 0.0507. The second kappa shape index (κ2) is 6.08. The molecule has 1 nitrogen and oxygen atoms in total. The van der Waals surface area contributed by atoms with Crippen LogP contribution in [-0.4, -0.2) is 11.0 Å². The van der Waals surface area contributed by atoms with Gasteiger partial charge in [-0.3, -0.25) is 4.79 Å². The van der Waals surface area contributed by atoms with Crippen LogP contribution in [0.3, 0.4) is 0 Å². The van der Waals surface area contributed by atoms with Crippen molar-refractivity contribution >= 4 is 17.5 Å². The first-order chi connectivity index (χ1) is 8.97. The van der Waals surface area contributed by atoms with E-state index in [4.69, 9.17) is 0 Å². The van der Waals surface area contributed by atoms with E-state index >= 15 is 0 Å². The Morgan fingerprint density at radius 1 is 1.37 bits per heavy atom. The van der Waals surface area contributed by atoms with Gasteiger partial charge in [-0.1, -0.05) is 19.8 Å². The standard InChI is InChI=1S/C16H21FOS/c1-10-5-4-6-13(7-10)19-16-8-11(2)15(17)9-14(16)12(3)18/h8-10,13H,4-7H2,1-3H3. The molecule has 0 N–H and O–H groups in total. The van der Waals surface area contributed by atoms with E-state index < -0.39 is 0 Å². The van der Waals surface area contributed by atoms with E-state index in [1.165, 1.54) is 38.7 Å². The molecule has 1 aromatic rings. The highest BCUT2D eigenvalue weighted by atomic mass is 32.2. The van der Waals surface area contributed by atoms with Gasteiger partial charge in [-0.25, -0.2) is 4.39 Å². The molecule has 2 unspecified atom stereocenters. The summed E-state index contributed by atoms with van der Waals surface area (Å²) in [4.78, 5) is 12.6. The van der Waals surface area contributed by atoms with Gasteiger partial charge in [0.1, 0.15) is 5.82 Å². The van der Waals surface area contributed by atoms with E-state index in [1.54, 1.807) is 18.7 Å². The lowest BCUT2D eigenvalue weighted by molar-refractivity contribution is 0.101. The van der Waals surface area contributed by atoms with Gasteiger partial charge >= 0.3 is 0 Å². The number of hydrogen-bond donors (Lipinski definition) is 0. The van der Waals surface area contributed by atoms with Crippen LogP contribution in [0.4, 0.5) is 4.39 Å². The van der Waals surface area contributed by atoms with Crippen molar-refractivity contribution in [3.8, 4) is 0 Å². The highest BCUT2D eigenvalue weighted by molar-refractivity contribution is 8.00. The smallest absolute Gasteiger partial charge is 0.161 e. The third-order valence-electron chi connectivity index (χ3n) is 3.82. The monoisotopic (exact) mass is 280 g/mol. The molecule has 0 radical (unpaired) electrons. The zero-order chi connectivity index (χ0) is 14.0. The van der Waals surface area contributed by atoms with Crippen molar-refractivity contribution in [2.75, 3.05) is 0 Å². The van der Waals surface area contributed by atoms with Crippen molar-refractivity contribution in [2.45, 2.75) is 56.6 Å². The second-order valence-electron chi connectivity index (χ2n) is 5.67. The molecule has 2 rings (SSSR count). The van der Waals surface area contributed by atoms with Gasteiger partial charge in [-0.2, -0.15) is 0 Å². The molecule has 1 aliphatic carbocycles. The second-order valence-corrected chi connectivity index (χ2v) is 7.01. The van der Waals surface area contributed by atoms with Gasteiger partial charge in [-0.15, -0.1) is 11.8 Å². The van der Waals surface area contributed by atoms with Gasteiger partial charge in [0.15, 0.2) is 5.78 Å². The van der Waals surface area contributed by atoms with E-state index in [0.717, 1.165) is 10.8 Å². The summed E-state index contributed by atoms with van der Waals surface area (Å²) < 4.78 is 13.6. The molecule has 1 aliphatic rings. The number of aryl methyl sites for hydroxylation is 1. The molecule has 1 saturated carbocycles. The molecule has 0 aromatic heterocycles. The predicted octanol–water partition coefficient (Wildman–Crippen LogP) is 5.01. The molecule has 0 saturated heterocycles. The summed E-state index contributed by atoms with van der Waals surface area (Å²) in [6.07, 6.45) is 4.95. The number of carbonyl (C=O) groups excluding carboxylic acids is 1. The molecule has 0 heterocycles. The number of rotatable bonds is 3. The fraction of sp³-hybridized carbons (Fsp3) is 0.562. The summed E-state index contributed by atoms with van der Waals surface area (Å²) in [6, 6.07) is 3.22. The van der Waals surface area contributed by atoms with Crippen LogP contribution in [0.2, 0.25) is 0 Å². The van der Waals surface area contributed by atoms with Crippen LogP contribution >= 0.6 is 11.8 Å². The molecule has 1 fully saturated rings. The Kier molecular flexibility index (Phi) is 4.67. The van der Waals surface area contributed by atoms with Crippen LogP contribution in [0.1, 0.15) is 55.5 Å². The highest BCUT2D eigenvalue weighted by Gasteiger charge is 2.22. The largest absolute Gasteiger partial charge is 0.294 e. The van der Waals surface area contributed by atoms with Crippen molar-refractivity contribution in [2.24, 2.45) is 5.92 Å². The van der Waals surface area contributed by atoms with Crippen molar-refractivity contribution in [1.82, 2.24) is 0 Å². The van der Waals surface area contributed by atoms with Crippen molar-refractivity contribution in [3.63, 3.8) is 0 Å². The van der Waals surface area contributed by atoms with Crippen LogP contribution in [-0.2, 0) is 0 Å². The number of carbonyl (C=O) groups is 1. The highest BCUT2D eigenvalue weighted by Crippen LogP contribution is 2.38. The summed E-state index contributed by atoms with van der Waals surface area (Å²) in [5, 5.41) is 0.562. The first kappa shape index (κ1) is 14.6. The molecule has 19 heavy (non-hydrogen) atoms. The van der Waals surface area contributed by atoms with Crippen LogP contribution < -0.4 is 0 Å². The minimum Gasteiger partial charge on any atom is -0.294 e. The average Bonchev–Trinajstić information content (AvgIpc) is 2.33. The number of benzene rings is 1. The molecule has 3 heteroatoms. The Morgan fingerprint density at radius 2 is 2.11 bits per heavy atom. The summed E-state index contributed by atoms with van der Waals surface area (Å²) in [5.41, 5.74) is 1.16. The Hall–Kier alpha value is -0.830.